The molecular formula is C8H16O3. The zero-order valence-corrected chi connectivity index (χ0v) is 7.33. The Hall–Kier alpha value is -0.410. The molecule has 0 rings (SSSR count). The van der Waals surface area contributed by atoms with E-state index in [1.807, 2.05) is 6.92 Å². The molecule has 0 bridgehead atoms. The van der Waals surface area contributed by atoms with Crippen LogP contribution in [0.25, 0.3) is 0 Å². The lowest BCUT2D eigenvalue weighted by Gasteiger charge is -2.12. The van der Waals surface area contributed by atoms with Gasteiger partial charge in [0.05, 0.1) is 6.10 Å². The molecule has 66 valence electrons. The van der Waals surface area contributed by atoms with Crippen molar-refractivity contribution in [2.24, 2.45) is 5.92 Å². The number of carbonyl (C=O) groups is 1. The highest BCUT2D eigenvalue weighted by Gasteiger charge is 2.12. The van der Waals surface area contributed by atoms with Gasteiger partial charge < -0.3 is 9.84 Å². The monoisotopic (exact) mass is 160 g/mol. The molecule has 0 aromatic rings. The topological polar surface area (TPSA) is 46.5 Å². The number of ether oxygens (including phenoxy) is 1. The number of hydrogen-bond acceptors (Lipinski definition) is 3. The molecule has 0 fully saturated rings. The molecule has 0 aromatic heterocycles. The third-order valence-corrected chi connectivity index (χ3v) is 1.68. The Kier molecular flexibility index (Phi) is 5.07. The number of ketones is 1. The number of aliphatic hydroxyl groups is 1. The van der Waals surface area contributed by atoms with Gasteiger partial charge in [0.25, 0.3) is 0 Å². The summed E-state index contributed by atoms with van der Waals surface area (Å²) in [6.45, 7) is 3.68. The van der Waals surface area contributed by atoms with Crippen LogP contribution in [0.4, 0.5) is 0 Å². The number of methoxy groups -OCH3 is 1. The third kappa shape index (κ3) is 4.93. The van der Waals surface area contributed by atoms with Gasteiger partial charge in [-0.1, -0.05) is 6.92 Å². The number of hydrogen-bond donors (Lipinski definition) is 1. The van der Waals surface area contributed by atoms with Crippen molar-refractivity contribution in [1.29, 1.82) is 0 Å². The number of aliphatic hydroxyl groups excluding tert-OH is 1. The molecule has 0 aliphatic rings. The molecule has 0 spiro atoms. The molecule has 0 aromatic carbocycles. The van der Waals surface area contributed by atoms with Crippen LogP contribution in [0.3, 0.4) is 0 Å². The molecule has 11 heavy (non-hydrogen) atoms. The first-order chi connectivity index (χ1) is 5.07. The van der Waals surface area contributed by atoms with E-state index in [1.54, 1.807) is 6.92 Å². The normalized spacial score (nSPS) is 16.0. The van der Waals surface area contributed by atoms with Crippen LogP contribution >= 0.6 is 0 Å². The molecule has 0 saturated heterocycles. The lowest BCUT2D eigenvalue weighted by molar-refractivity contribution is -0.124. The minimum absolute atomic E-state index is 0.0256. The van der Waals surface area contributed by atoms with Crippen molar-refractivity contribution in [1.82, 2.24) is 0 Å². The minimum Gasteiger partial charge on any atom is -0.393 e. The molecule has 3 heteroatoms. The fourth-order valence-electron chi connectivity index (χ4n) is 0.750. The van der Waals surface area contributed by atoms with Gasteiger partial charge in [-0.25, -0.2) is 0 Å². The molecule has 0 aliphatic heterocycles. The molecular weight excluding hydrogens is 144 g/mol. The first kappa shape index (κ1) is 10.6. The van der Waals surface area contributed by atoms with Gasteiger partial charge in [-0.2, -0.15) is 0 Å². The lowest BCUT2D eigenvalue weighted by atomic mass is 10.00. The highest BCUT2D eigenvalue weighted by atomic mass is 16.5. The van der Waals surface area contributed by atoms with Crippen molar-refractivity contribution >= 4 is 5.78 Å². The van der Waals surface area contributed by atoms with Gasteiger partial charge in [-0.15, -0.1) is 0 Å². The van der Waals surface area contributed by atoms with Gasteiger partial charge in [0.1, 0.15) is 6.61 Å². The third-order valence-electron chi connectivity index (χ3n) is 1.68. The van der Waals surface area contributed by atoms with Crippen molar-refractivity contribution < 1.29 is 14.6 Å². The molecule has 3 nitrogen and oxygen atoms in total. The van der Waals surface area contributed by atoms with Crippen molar-refractivity contribution in [2.75, 3.05) is 13.7 Å². The van der Waals surface area contributed by atoms with E-state index in [9.17, 15) is 4.79 Å². The predicted molar refractivity (Wildman–Crippen MR) is 42.3 cm³/mol. The van der Waals surface area contributed by atoms with E-state index in [2.05, 4.69) is 4.74 Å². The van der Waals surface area contributed by atoms with Gasteiger partial charge in [-0.3, -0.25) is 4.79 Å². The smallest absolute Gasteiger partial charge is 0.158 e. The largest absolute Gasteiger partial charge is 0.393 e. The summed E-state index contributed by atoms with van der Waals surface area (Å²) in [6.07, 6.45) is -0.0262. The average molecular weight is 160 g/mol. The maximum Gasteiger partial charge on any atom is 0.158 e. The van der Waals surface area contributed by atoms with Crippen LogP contribution in [0.5, 0.6) is 0 Å². The zero-order chi connectivity index (χ0) is 8.85. The summed E-state index contributed by atoms with van der Waals surface area (Å²) in [5.41, 5.74) is 0. The summed E-state index contributed by atoms with van der Waals surface area (Å²) < 4.78 is 4.65. The first-order valence-electron chi connectivity index (χ1n) is 3.76. The van der Waals surface area contributed by atoms with Gasteiger partial charge in [-0.05, 0) is 12.8 Å². The Balaban J connectivity index is 3.57. The standard InChI is InChI=1S/C8H16O3/c1-6(7(2)9)4-8(10)5-11-3/h6-7,9H,4-5H2,1-3H3. The Morgan fingerprint density at radius 2 is 2.09 bits per heavy atom. The first-order valence-corrected chi connectivity index (χ1v) is 3.76. The van der Waals surface area contributed by atoms with Crippen molar-refractivity contribution in [2.45, 2.75) is 26.4 Å². The van der Waals surface area contributed by atoms with Gasteiger partial charge in [0.2, 0.25) is 0 Å². The Morgan fingerprint density at radius 3 is 2.45 bits per heavy atom. The van der Waals surface area contributed by atoms with Crippen LogP contribution < -0.4 is 0 Å². The molecule has 0 radical (unpaired) electrons. The molecule has 2 atom stereocenters. The van der Waals surface area contributed by atoms with E-state index in [4.69, 9.17) is 5.11 Å². The molecule has 0 amide bonds. The van der Waals surface area contributed by atoms with Crippen molar-refractivity contribution in [3.63, 3.8) is 0 Å². The summed E-state index contributed by atoms with van der Waals surface area (Å²) in [5, 5.41) is 9.04. The maximum absolute atomic E-state index is 10.9. The van der Waals surface area contributed by atoms with Crippen molar-refractivity contribution in [3.8, 4) is 0 Å². The van der Waals surface area contributed by atoms with E-state index in [-0.39, 0.29) is 18.3 Å². The van der Waals surface area contributed by atoms with E-state index in [0.717, 1.165) is 0 Å². The van der Waals surface area contributed by atoms with Crippen LogP contribution in [0, 0.1) is 5.92 Å². The van der Waals surface area contributed by atoms with Gasteiger partial charge >= 0.3 is 0 Å². The molecule has 0 aliphatic carbocycles. The maximum atomic E-state index is 10.9. The number of Topliss-reactive ketones (excluding diaryl/α,β-unsaturated/α-hetero) is 1. The van der Waals surface area contributed by atoms with E-state index >= 15 is 0 Å². The summed E-state index contributed by atoms with van der Waals surface area (Å²) >= 11 is 0. The second-order valence-corrected chi connectivity index (χ2v) is 2.89. The molecule has 0 saturated carbocycles. The zero-order valence-electron chi connectivity index (χ0n) is 7.33. The van der Waals surface area contributed by atoms with Crippen LogP contribution in [0.15, 0.2) is 0 Å². The minimum atomic E-state index is -0.421. The highest BCUT2D eigenvalue weighted by molar-refractivity contribution is 5.79. The predicted octanol–water partition coefficient (Wildman–Crippen LogP) is 0.609. The van der Waals surface area contributed by atoms with E-state index in [1.165, 1.54) is 7.11 Å². The summed E-state index contributed by atoms with van der Waals surface area (Å²) in [7, 11) is 1.49. The number of rotatable bonds is 5. The fourth-order valence-corrected chi connectivity index (χ4v) is 0.750. The van der Waals surface area contributed by atoms with Crippen LogP contribution in [0.2, 0.25) is 0 Å². The second-order valence-electron chi connectivity index (χ2n) is 2.89. The van der Waals surface area contributed by atoms with Gasteiger partial charge in [0, 0.05) is 13.5 Å². The lowest BCUT2D eigenvalue weighted by Crippen LogP contribution is -2.19. The van der Waals surface area contributed by atoms with E-state index < -0.39 is 6.10 Å². The highest BCUT2D eigenvalue weighted by Crippen LogP contribution is 2.07. The number of carbonyl (C=O) groups excluding carboxylic acids is 1. The molecule has 0 heterocycles. The van der Waals surface area contributed by atoms with Crippen LogP contribution in [-0.2, 0) is 9.53 Å². The molecule has 1 N–H and O–H groups in total. The molecule has 2 unspecified atom stereocenters. The van der Waals surface area contributed by atoms with Crippen molar-refractivity contribution in [3.05, 3.63) is 0 Å². The Labute approximate surface area is 67.4 Å². The summed E-state index contributed by atoms with van der Waals surface area (Å²) in [6, 6.07) is 0. The quantitative estimate of drug-likeness (QED) is 0.641. The van der Waals surface area contributed by atoms with E-state index in [0.29, 0.717) is 6.42 Å². The summed E-state index contributed by atoms with van der Waals surface area (Å²) in [5.74, 6) is 0.0681. The Bertz CT molecular complexity index is 121. The average Bonchev–Trinajstić information content (AvgIpc) is 1.87. The second kappa shape index (κ2) is 5.27. The summed E-state index contributed by atoms with van der Waals surface area (Å²) in [4.78, 5) is 10.9. The van der Waals surface area contributed by atoms with Gasteiger partial charge in [0.15, 0.2) is 5.78 Å². The van der Waals surface area contributed by atoms with Crippen LogP contribution in [0.1, 0.15) is 20.3 Å². The fraction of sp³-hybridized carbons (Fsp3) is 0.875. The Morgan fingerprint density at radius 1 is 1.55 bits per heavy atom. The van der Waals surface area contributed by atoms with Crippen LogP contribution in [-0.4, -0.2) is 30.7 Å². The SMILES string of the molecule is COCC(=O)CC(C)C(C)O.